The molecule has 28 heavy (non-hydrogen) atoms. The molecule has 1 aliphatic heterocycles. The molecule has 10 heteroatoms. The van der Waals surface area contributed by atoms with Crippen molar-refractivity contribution in [1.29, 1.82) is 0 Å². The van der Waals surface area contributed by atoms with Crippen molar-refractivity contribution in [3.63, 3.8) is 0 Å². The average molecular weight is 406 g/mol. The number of hydrogen-bond donors (Lipinski definition) is 2. The lowest BCUT2D eigenvalue weighted by molar-refractivity contribution is 0.179. The van der Waals surface area contributed by atoms with Crippen LogP contribution in [0.2, 0.25) is 0 Å². The number of rotatable bonds is 5. The Morgan fingerprint density at radius 3 is 2.54 bits per heavy atom. The van der Waals surface area contributed by atoms with Crippen molar-refractivity contribution in [1.82, 2.24) is 14.2 Å². The van der Waals surface area contributed by atoms with Gasteiger partial charge < -0.3 is 15.2 Å². The molecule has 2 aromatic rings. The van der Waals surface area contributed by atoms with Crippen molar-refractivity contribution < 1.29 is 17.9 Å². The lowest BCUT2D eigenvalue weighted by Gasteiger charge is -2.35. The largest absolute Gasteiger partial charge is 0.760 e. The van der Waals surface area contributed by atoms with Gasteiger partial charge in [0, 0.05) is 55.4 Å². The highest BCUT2D eigenvalue weighted by Gasteiger charge is 2.18. The van der Waals surface area contributed by atoms with E-state index in [1.165, 1.54) is 16.4 Å². The minimum atomic E-state index is -2.21. The number of benzene rings is 1. The standard InChI is InChI=1S/C18H22FN5O3S/c1-13-2-3-16(11-20-13)21-18(25)22-17-9-14(8-15(19)10-17)12-23-4-6-24(7-5-23)28(26)27/h2-3,8-11H,4-7,12H2,1H3,(H,26,27)(H2,21,22,25)/p-1. The molecule has 2 heterocycles. The predicted molar refractivity (Wildman–Crippen MR) is 104 cm³/mol. The van der Waals surface area contributed by atoms with Crippen molar-refractivity contribution in [3.8, 4) is 0 Å². The fourth-order valence-electron chi connectivity index (χ4n) is 2.94. The van der Waals surface area contributed by atoms with E-state index in [0.717, 1.165) is 5.69 Å². The molecule has 1 aromatic carbocycles. The first-order chi connectivity index (χ1) is 13.4. The first-order valence-electron chi connectivity index (χ1n) is 8.76. The molecule has 1 aliphatic rings. The Morgan fingerprint density at radius 2 is 1.89 bits per heavy atom. The highest BCUT2D eigenvalue weighted by atomic mass is 32.2. The topological polar surface area (TPSA) is 101 Å². The second kappa shape index (κ2) is 9.20. The van der Waals surface area contributed by atoms with Crippen LogP contribution < -0.4 is 10.6 Å². The molecule has 0 aliphatic carbocycles. The smallest absolute Gasteiger partial charge is 0.323 e. The Bertz CT molecular complexity index is 857. The number of nitrogens with zero attached hydrogens (tertiary/aromatic N) is 3. The molecule has 0 radical (unpaired) electrons. The summed E-state index contributed by atoms with van der Waals surface area (Å²) in [6, 6.07) is 7.37. The lowest BCUT2D eigenvalue weighted by atomic mass is 10.1. The van der Waals surface area contributed by atoms with Crippen molar-refractivity contribution >= 4 is 28.7 Å². The summed E-state index contributed by atoms with van der Waals surface area (Å²) in [6.07, 6.45) is 1.54. The molecule has 1 aromatic heterocycles. The van der Waals surface area contributed by atoms with Crippen molar-refractivity contribution in [2.45, 2.75) is 13.5 Å². The monoisotopic (exact) mass is 406 g/mol. The number of carbonyl (C=O) groups is 1. The van der Waals surface area contributed by atoms with Gasteiger partial charge in [-0.15, -0.1) is 0 Å². The number of pyridine rings is 1. The molecule has 2 amide bonds. The zero-order valence-electron chi connectivity index (χ0n) is 15.4. The summed E-state index contributed by atoms with van der Waals surface area (Å²) in [6.45, 7) is 4.25. The molecule has 1 saturated heterocycles. The van der Waals surface area contributed by atoms with Crippen molar-refractivity contribution in [2.75, 3.05) is 36.8 Å². The van der Waals surface area contributed by atoms with E-state index >= 15 is 0 Å². The summed E-state index contributed by atoms with van der Waals surface area (Å²) in [4.78, 5) is 18.3. The number of halogens is 1. The van der Waals surface area contributed by atoms with Crippen molar-refractivity contribution in [3.05, 3.63) is 53.6 Å². The van der Waals surface area contributed by atoms with Gasteiger partial charge in [0.15, 0.2) is 0 Å². The van der Waals surface area contributed by atoms with Crippen LogP contribution >= 0.6 is 0 Å². The minimum Gasteiger partial charge on any atom is -0.760 e. The minimum absolute atomic E-state index is 0.340. The summed E-state index contributed by atoms with van der Waals surface area (Å²) < 4.78 is 37.3. The zero-order valence-corrected chi connectivity index (χ0v) is 16.2. The summed E-state index contributed by atoms with van der Waals surface area (Å²) in [7, 11) is 0. The third-order valence-corrected chi connectivity index (χ3v) is 5.12. The molecule has 0 spiro atoms. The third-order valence-electron chi connectivity index (χ3n) is 4.33. The molecule has 0 saturated carbocycles. The fourth-order valence-corrected chi connectivity index (χ4v) is 3.41. The number of hydrogen-bond acceptors (Lipinski definition) is 5. The van der Waals surface area contributed by atoms with Gasteiger partial charge in [-0.1, -0.05) is 0 Å². The Labute approximate surface area is 165 Å². The highest BCUT2D eigenvalue weighted by molar-refractivity contribution is 7.76. The normalized spacial score (nSPS) is 16.5. The molecule has 2 N–H and O–H groups in total. The van der Waals surface area contributed by atoms with Crippen molar-refractivity contribution in [2.24, 2.45) is 0 Å². The Hall–Kier alpha value is -2.40. The van der Waals surface area contributed by atoms with Crippen LogP contribution in [0.15, 0.2) is 36.5 Å². The van der Waals surface area contributed by atoms with E-state index in [0.29, 0.717) is 49.7 Å². The van der Waals surface area contributed by atoms with Crippen LogP contribution in [-0.2, 0) is 17.8 Å². The van der Waals surface area contributed by atoms with Gasteiger partial charge in [-0.25, -0.2) is 13.5 Å². The van der Waals surface area contributed by atoms with E-state index < -0.39 is 23.1 Å². The van der Waals surface area contributed by atoms with Gasteiger partial charge in [-0.05, 0) is 42.8 Å². The third kappa shape index (κ3) is 5.80. The van der Waals surface area contributed by atoms with E-state index in [4.69, 9.17) is 0 Å². The molecule has 150 valence electrons. The first kappa shape index (κ1) is 20.3. The van der Waals surface area contributed by atoms with Gasteiger partial charge >= 0.3 is 6.03 Å². The number of aryl methyl sites for hydroxylation is 1. The maximum Gasteiger partial charge on any atom is 0.323 e. The lowest BCUT2D eigenvalue weighted by Crippen LogP contribution is -2.46. The average Bonchev–Trinajstić information content (AvgIpc) is 2.63. The first-order valence-corrected chi connectivity index (χ1v) is 9.79. The number of piperazine rings is 1. The van der Waals surface area contributed by atoms with Gasteiger partial charge in [-0.3, -0.25) is 14.1 Å². The number of anilines is 2. The van der Waals surface area contributed by atoms with Crippen LogP contribution in [0.5, 0.6) is 0 Å². The van der Waals surface area contributed by atoms with Gasteiger partial charge in [0.05, 0.1) is 11.9 Å². The Morgan fingerprint density at radius 1 is 1.18 bits per heavy atom. The maximum absolute atomic E-state index is 14.0. The van der Waals surface area contributed by atoms with E-state index in [-0.39, 0.29) is 0 Å². The van der Waals surface area contributed by atoms with Crippen LogP contribution in [-0.4, -0.2) is 55.2 Å². The second-order valence-corrected chi connectivity index (χ2v) is 7.49. The molecule has 0 bridgehead atoms. The van der Waals surface area contributed by atoms with Crippen LogP contribution in [0.25, 0.3) is 0 Å². The summed E-state index contributed by atoms with van der Waals surface area (Å²) in [5.41, 5.74) is 2.41. The summed E-state index contributed by atoms with van der Waals surface area (Å²) in [5.74, 6) is -0.455. The number of carbonyl (C=O) groups excluding carboxylic acids is 1. The second-order valence-electron chi connectivity index (χ2n) is 6.54. The van der Waals surface area contributed by atoms with Gasteiger partial charge in [0.1, 0.15) is 5.82 Å². The molecular formula is C18H21FN5O3S-. The highest BCUT2D eigenvalue weighted by Crippen LogP contribution is 2.17. The molecule has 1 unspecified atom stereocenters. The molecular weight excluding hydrogens is 385 g/mol. The van der Waals surface area contributed by atoms with Crippen LogP contribution in [0.1, 0.15) is 11.3 Å². The fraction of sp³-hybridized carbons (Fsp3) is 0.333. The van der Waals surface area contributed by atoms with E-state index in [1.807, 2.05) is 11.8 Å². The van der Waals surface area contributed by atoms with Crippen LogP contribution in [0.4, 0.5) is 20.6 Å². The molecule has 1 fully saturated rings. The summed E-state index contributed by atoms with van der Waals surface area (Å²) >= 11 is -2.21. The number of aromatic nitrogens is 1. The van der Waals surface area contributed by atoms with Gasteiger partial charge in [0.2, 0.25) is 0 Å². The van der Waals surface area contributed by atoms with Crippen LogP contribution in [0, 0.1) is 12.7 Å². The SMILES string of the molecule is Cc1ccc(NC(=O)Nc2cc(F)cc(CN3CCN(S(=O)[O-])CC3)c2)cn1. The zero-order chi connectivity index (χ0) is 20.1. The number of amides is 2. The quantitative estimate of drug-likeness (QED) is 0.741. The van der Waals surface area contributed by atoms with Gasteiger partial charge in [-0.2, -0.15) is 0 Å². The van der Waals surface area contributed by atoms with E-state index in [2.05, 4.69) is 15.6 Å². The Balaban J connectivity index is 1.59. The maximum atomic E-state index is 14.0. The Kier molecular flexibility index (Phi) is 6.68. The molecule has 1 atom stereocenters. The molecule has 3 rings (SSSR count). The van der Waals surface area contributed by atoms with E-state index in [9.17, 15) is 17.9 Å². The number of urea groups is 1. The van der Waals surface area contributed by atoms with Gasteiger partial charge in [0.25, 0.3) is 0 Å². The number of nitrogens with one attached hydrogen (secondary N) is 2. The van der Waals surface area contributed by atoms with E-state index in [1.54, 1.807) is 24.4 Å². The predicted octanol–water partition coefficient (Wildman–Crippen LogP) is 2.08. The van der Waals surface area contributed by atoms with Crippen LogP contribution in [0.3, 0.4) is 0 Å². The molecule has 8 nitrogen and oxygen atoms in total. The summed E-state index contributed by atoms with van der Waals surface area (Å²) in [5, 5.41) is 5.26.